The lowest BCUT2D eigenvalue weighted by Gasteiger charge is -2.19. The first-order chi connectivity index (χ1) is 24.6. The Kier molecular flexibility index (Phi) is 8.19. The van der Waals surface area contributed by atoms with Crippen molar-refractivity contribution in [1.29, 1.82) is 0 Å². The summed E-state index contributed by atoms with van der Waals surface area (Å²) in [4.78, 5) is 18.2. The summed E-state index contributed by atoms with van der Waals surface area (Å²) in [6, 6.07) is 23.7. The van der Waals surface area contributed by atoms with E-state index in [9.17, 15) is 0 Å². The van der Waals surface area contributed by atoms with E-state index in [1.165, 1.54) is 33.3 Å². The highest BCUT2D eigenvalue weighted by Gasteiger charge is 2.19. The topological polar surface area (TPSA) is 101 Å². The fraction of sp³-hybridized carbons (Fsp3) is 0.171. The summed E-state index contributed by atoms with van der Waals surface area (Å²) >= 11 is 0. The SMILES string of the molecule is C.Cn1cc(-c2c[nH]c3ncc(CN4CCc5ccccc54)cc23)cn1.Cn1cc(-c2c[nH]c3ncc(Cn4ccc5ccccc54)cc23)cn1. The van der Waals surface area contributed by atoms with Crippen LogP contribution in [0.4, 0.5) is 5.69 Å². The monoisotopic (exact) mass is 672 g/mol. The molecular formula is C41H40N10. The van der Waals surface area contributed by atoms with Crippen LogP contribution in [0.1, 0.15) is 24.1 Å². The molecule has 0 radical (unpaired) electrons. The summed E-state index contributed by atoms with van der Waals surface area (Å²) in [7, 11) is 3.87. The first-order valence-electron chi connectivity index (χ1n) is 16.8. The Hall–Kier alpha value is -6.42. The van der Waals surface area contributed by atoms with Gasteiger partial charge in [-0.05, 0) is 58.8 Å². The Balaban J connectivity index is 0.000000144. The normalized spacial score (nSPS) is 12.3. The molecule has 10 rings (SSSR count). The van der Waals surface area contributed by atoms with Crippen LogP contribution in [-0.2, 0) is 33.6 Å². The fourth-order valence-corrected chi connectivity index (χ4v) is 7.13. The molecule has 8 heterocycles. The van der Waals surface area contributed by atoms with Gasteiger partial charge in [-0.3, -0.25) is 9.36 Å². The van der Waals surface area contributed by atoms with E-state index in [0.29, 0.717) is 0 Å². The van der Waals surface area contributed by atoms with Crippen LogP contribution in [0.5, 0.6) is 0 Å². The number of benzene rings is 2. The van der Waals surface area contributed by atoms with Gasteiger partial charge >= 0.3 is 0 Å². The second-order valence-corrected chi connectivity index (χ2v) is 13.0. The van der Waals surface area contributed by atoms with Crippen LogP contribution in [0.2, 0.25) is 0 Å². The van der Waals surface area contributed by atoms with E-state index >= 15 is 0 Å². The lowest BCUT2D eigenvalue weighted by molar-refractivity contribution is 0.768. The Labute approximate surface area is 296 Å². The zero-order valence-corrected chi connectivity index (χ0v) is 28.0. The van der Waals surface area contributed by atoms with E-state index in [1.807, 2.05) is 73.0 Å². The van der Waals surface area contributed by atoms with Crippen LogP contribution in [-0.4, -0.2) is 50.6 Å². The van der Waals surface area contributed by atoms with Crippen LogP contribution >= 0.6 is 0 Å². The molecule has 0 spiro atoms. The Bertz CT molecular complexity index is 2610. The van der Waals surface area contributed by atoms with E-state index in [4.69, 9.17) is 0 Å². The minimum absolute atomic E-state index is 0. The molecule has 0 bridgehead atoms. The molecule has 0 atom stereocenters. The Morgan fingerprint density at radius 2 is 1.29 bits per heavy atom. The number of H-pyrrole nitrogens is 2. The van der Waals surface area contributed by atoms with Gasteiger partial charge in [-0.1, -0.05) is 43.8 Å². The molecule has 10 heteroatoms. The Morgan fingerprint density at radius 1 is 0.686 bits per heavy atom. The molecular weight excluding hydrogens is 633 g/mol. The molecule has 0 aliphatic carbocycles. The highest BCUT2D eigenvalue weighted by atomic mass is 15.2. The van der Waals surface area contributed by atoms with Gasteiger partial charge in [0.1, 0.15) is 11.3 Å². The average Bonchev–Trinajstić information content (AvgIpc) is 4.00. The minimum atomic E-state index is 0. The molecule has 254 valence electrons. The van der Waals surface area contributed by atoms with Gasteiger partial charge < -0.3 is 19.4 Å². The number of aromatic nitrogens is 9. The third-order valence-electron chi connectivity index (χ3n) is 9.60. The molecule has 1 aliphatic rings. The molecule has 51 heavy (non-hydrogen) atoms. The van der Waals surface area contributed by atoms with Gasteiger partial charge in [0.2, 0.25) is 0 Å². The molecule has 7 aromatic heterocycles. The highest BCUT2D eigenvalue weighted by Crippen LogP contribution is 2.32. The summed E-state index contributed by atoms with van der Waals surface area (Å²) in [5, 5.41) is 12.1. The second kappa shape index (κ2) is 13.1. The first-order valence-corrected chi connectivity index (χ1v) is 16.8. The summed E-state index contributed by atoms with van der Waals surface area (Å²) in [5.74, 6) is 0. The van der Waals surface area contributed by atoms with Crippen LogP contribution < -0.4 is 4.90 Å². The van der Waals surface area contributed by atoms with E-state index in [0.717, 1.165) is 70.4 Å². The largest absolute Gasteiger partial charge is 0.367 e. The molecule has 0 unspecified atom stereocenters. The van der Waals surface area contributed by atoms with Crippen molar-refractivity contribution in [1.82, 2.24) is 44.1 Å². The fourth-order valence-electron chi connectivity index (χ4n) is 7.13. The third kappa shape index (κ3) is 6.05. The quantitative estimate of drug-likeness (QED) is 0.186. The van der Waals surface area contributed by atoms with Gasteiger partial charge in [0.25, 0.3) is 0 Å². The van der Waals surface area contributed by atoms with Gasteiger partial charge in [0, 0.05) is 121 Å². The minimum Gasteiger partial charge on any atom is -0.367 e. The van der Waals surface area contributed by atoms with Crippen molar-refractivity contribution >= 4 is 38.7 Å². The number of hydrogen-bond acceptors (Lipinski definition) is 5. The third-order valence-corrected chi connectivity index (χ3v) is 9.60. The van der Waals surface area contributed by atoms with E-state index in [-0.39, 0.29) is 7.43 Å². The smallest absolute Gasteiger partial charge is 0.137 e. The summed E-state index contributed by atoms with van der Waals surface area (Å²) in [6.07, 6.45) is 19.0. The van der Waals surface area contributed by atoms with Gasteiger partial charge in [-0.25, -0.2) is 9.97 Å². The number of para-hydroxylation sites is 2. The van der Waals surface area contributed by atoms with E-state index < -0.39 is 0 Å². The number of aryl methyl sites for hydroxylation is 2. The zero-order chi connectivity index (χ0) is 33.6. The molecule has 1 aliphatic heterocycles. The van der Waals surface area contributed by atoms with E-state index in [1.54, 1.807) is 0 Å². The number of nitrogens with zero attached hydrogens (tertiary/aromatic N) is 8. The van der Waals surface area contributed by atoms with Crippen molar-refractivity contribution in [2.45, 2.75) is 26.9 Å². The summed E-state index contributed by atoms with van der Waals surface area (Å²) in [5.41, 5.74) is 12.8. The van der Waals surface area contributed by atoms with Crippen molar-refractivity contribution in [2.75, 3.05) is 11.4 Å². The van der Waals surface area contributed by atoms with Crippen molar-refractivity contribution in [3.8, 4) is 22.3 Å². The first kappa shape index (κ1) is 31.8. The molecule has 2 aromatic carbocycles. The maximum Gasteiger partial charge on any atom is 0.137 e. The molecule has 2 N–H and O–H groups in total. The standard InChI is InChI=1S/C20H19N5.C20H17N5.CH4/c2*1-24-13-16(10-23-24)18-11-22-20-17(18)8-14(9-21-20)12-25-7-6-15-4-2-3-5-19(15)25;/h2-5,8-11,13H,6-7,12H2,1H3,(H,21,22);2-11,13H,12H2,1H3,(H,21,22);1H4. The molecule has 0 saturated carbocycles. The predicted molar refractivity (Wildman–Crippen MR) is 206 cm³/mol. The van der Waals surface area contributed by atoms with Crippen LogP contribution in [0, 0.1) is 0 Å². The maximum atomic E-state index is 4.62. The van der Waals surface area contributed by atoms with Gasteiger partial charge in [0.15, 0.2) is 0 Å². The van der Waals surface area contributed by atoms with Crippen LogP contribution in [0.15, 0.2) is 123 Å². The van der Waals surface area contributed by atoms with Gasteiger partial charge in [0.05, 0.1) is 12.4 Å². The van der Waals surface area contributed by atoms with Crippen molar-refractivity contribution in [3.63, 3.8) is 0 Å². The number of pyridine rings is 2. The lowest BCUT2D eigenvalue weighted by atomic mass is 10.1. The summed E-state index contributed by atoms with van der Waals surface area (Å²) in [6.45, 7) is 2.76. The van der Waals surface area contributed by atoms with Crippen LogP contribution in [0.25, 0.3) is 55.2 Å². The van der Waals surface area contributed by atoms with Crippen molar-refractivity contribution in [2.24, 2.45) is 14.1 Å². The second-order valence-electron chi connectivity index (χ2n) is 13.0. The molecule has 0 saturated heterocycles. The predicted octanol–water partition coefficient (Wildman–Crippen LogP) is 8.13. The highest BCUT2D eigenvalue weighted by molar-refractivity contribution is 5.94. The maximum absolute atomic E-state index is 4.62. The van der Waals surface area contributed by atoms with Gasteiger partial charge in [-0.15, -0.1) is 0 Å². The number of nitrogens with one attached hydrogen (secondary N) is 2. The van der Waals surface area contributed by atoms with Crippen LogP contribution in [0.3, 0.4) is 0 Å². The average molecular weight is 673 g/mol. The number of anilines is 1. The molecule has 9 aromatic rings. The molecule has 10 nitrogen and oxygen atoms in total. The molecule has 0 amide bonds. The number of rotatable bonds is 6. The lowest BCUT2D eigenvalue weighted by Crippen LogP contribution is -2.19. The number of fused-ring (bicyclic) bond motifs is 4. The molecule has 0 fully saturated rings. The number of hydrogen-bond donors (Lipinski definition) is 2. The number of aromatic amines is 2. The van der Waals surface area contributed by atoms with E-state index in [2.05, 4.69) is 113 Å². The van der Waals surface area contributed by atoms with Gasteiger partial charge in [-0.2, -0.15) is 10.2 Å². The summed E-state index contributed by atoms with van der Waals surface area (Å²) < 4.78 is 5.90. The van der Waals surface area contributed by atoms with Crippen molar-refractivity contribution in [3.05, 3.63) is 139 Å². The van der Waals surface area contributed by atoms with Crippen molar-refractivity contribution < 1.29 is 0 Å². The zero-order valence-electron chi connectivity index (χ0n) is 28.0. The Morgan fingerprint density at radius 3 is 1.94 bits per heavy atom.